The molecule has 0 unspecified atom stereocenters. The number of amides is 1. The summed E-state index contributed by atoms with van der Waals surface area (Å²) in [5.74, 6) is -0.0453. The lowest BCUT2D eigenvalue weighted by Gasteiger charge is -2.21. The third-order valence-electron chi connectivity index (χ3n) is 4.74. The predicted molar refractivity (Wildman–Crippen MR) is 122 cm³/mol. The van der Waals surface area contributed by atoms with Gasteiger partial charge in [-0.1, -0.05) is 41.2 Å². The average molecular weight is 420 g/mol. The third-order valence-corrected chi connectivity index (χ3v) is 6.56. The number of benzene rings is 2. The minimum absolute atomic E-state index is 0.0453. The van der Waals surface area contributed by atoms with Gasteiger partial charge in [-0.3, -0.25) is 14.7 Å². The Morgan fingerprint density at radius 1 is 1.14 bits per heavy atom. The number of rotatable bonds is 5. The summed E-state index contributed by atoms with van der Waals surface area (Å²) in [5.41, 5.74) is 4.72. The van der Waals surface area contributed by atoms with Gasteiger partial charge in [0, 0.05) is 22.9 Å². The summed E-state index contributed by atoms with van der Waals surface area (Å²) in [7, 11) is 0. The first-order valence-electron chi connectivity index (χ1n) is 9.28. The van der Waals surface area contributed by atoms with Crippen LogP contribution in [-0.4, -0.2) is 22.1 Å². The Kier molecular flexibility index (Phi) is 5.65. The maximum Gasteiger partial charge on any atom is 0.260 e. The second kappa shape index (κ2) is 8.35. The van der Waals surface area contributed by atoms with Crippen LogP contribution in [0.2, 0.25) is 0 Å². The number of aromatic nitrogens is 2. The van der Waals surface area contributed by atoms with Gasteiger partial charge in [0.05, 0.1) is 16.8 Å². The van der Waals surface area contributed by atoms with Gasteiger partial charge >= 0.3 is 0 Å². The van der Waals surface area contributed by atoms with Gasteiger partial charge in [-0.2, -0.15) is 0 Å². The lowest BCUT2D eigenvalue weighted by atomic mass is 10.0. The van der Waals surface area contributed by atoms with E-state index in [0.717, 1.165) is 31.8 Å². The van der Waals surface area contributed by atoms with Crippen LogP contribution in [0.3, 0.4) is 0 Å². The second-order valence-electron chi connectivity index (χ2n) is 6.87. The first kappa shape index (κ1) is 19.6. The molecule has 2 aromatic heterocycles. The van der Waals surface area contributed by atoms with Gasteiger partial charge in [-0.05, 0) is 55.5 Å². The molecule has 0 radical (unpaired) electrons. The highest BCUT2D eigenvalue weighted by atomic mass is 32.2. The Hall–Kier alpha value is -2.70. The topological polar surface area (TPSA) is 46.1 Å². The zero-order chi connectivity index (χ0) is 20.4. The number of hydrogen-bond acceptors (Lipinski definition) is 5. The fraction of sp³-hybridized carbons (Fsp3) is 0.174. The molecule has 29 heavy (non-hydrogen) atoms. The molecule has 0 N–H and O–H groups in total. The monoisotopic (exact) mass is 419 g/mol. The molecule has 1 amide bonds. The third kappa shape index (κ3) is 4.04. The minimum Gasteiger partial charge on any atom is -0.279 e. The fourth-order valence-electron chi connectivity index (χ4n) is 3.29. The van der Waals surface area contributed by atoms with Crippen LogP contribution >= 0.6 is 23.1 Å². The molecule has 0 saturated carbocycles. The van der Waals surface area contributed by atoms with Crippen molar-refractivity contribution in [2.45, 2.75) is 25.3 Å². The quantitative estimate of drug-likeness (QED) is 0.379. The highest BCUT2D eigenvalue weighted by molar-refractivity contribution is 7.98. The van der Waals surface area contributed by atoms with E-state index in [2.05, 4.69) is 17.1 Å². The summed E-state index contributed by atoms with van der Waals surface area (Å²) in [4.78, 5) is 25.5. The molecule has 4 rings (SSSR count). The van der Waals surface area contributed by atoms with Crippen LogP contribution in [0, 0.1) is 13.8 Å². The summed E-state index contributed by atoms with van der Waals surface area (Å²) >= 11 is 3.21. The summed E-state index contributed by atoms with van der Waals surface area (Å²) in [6, 6.07) is 16.0. The Labute approximate surface area is 178 Å². The van der Waals surface area contributed by atoms with Crippen LogP contribution in [0.5, 0.6) is 0 Å². The van der Waals surface area contributed by atoms with Crippen molar-refractivity contribution in [2.75, 3.05) is 11.2 Å². The van der Waals surface area contributed by atoms with E-state index in [4.69, 9.17) is 4.98 Å². The fourth-order valence-corrected chi connectivity index (χ4v) is 4.91. The van der Waals surface area contributed by atoms with Crippen molar-refractivity contribution >= 4 is 44.4 Å². The Balaban J connectivity index is 1.81. The minimum atomic E-state index is -0.0453. The zero-order valence-electron chi connectivity index (χ0n) is 16.5. The van der Waals surface area contributed by atoms with Gasteiger partial charge in [-0.25, -0.2) is 4.98 Å². The normalized spacial score (nSPS) is 11.0. The zero-order valence-corrected chi connectivity index (χ0v) is 18.2. The van der Waals surface area contributed by atoms with Crippen molar-refractivity contribution in [3.05, 3.63) is 83.2 Å². The van der Waals surface area contributed by atoms with E-state index in [-0.39, 0.29) is 5.91 Å². The number of para-hydroxylation sites is 1. The van der Waals surface area contributed by atoms with Gasteiger partial charge in [0.15, 0.2) is 5.13 Å². The smallest absolute Gasteiger partial charge is 0.260 e. The molecule has 0 aliphatic carbocycles. The summed E-state index contributed by atoms with van der Waals surface area (Å²) in [6.45, 7) is 4.44. The standard InChI is InChI=1S/C23H21N3OS2/c1-15-9-10-18(16(2)12-15)22(27)26(14-17-6-5-11-24-13-17)23-25-21-19(28-3)7-4-8-20(21)29-23/h4-13H,14H2,1-3H3. The SMILES string of the molecule is CSc1cccc2sc(N(Cc3cccnc3)C(=O)c3ccc(C)cc3C)nc12. The number of pyridine rings is 1. The van der Waals surface area contributed by atoms with E-state index in [1.165, 1.54) is 0 Å². The molecule has 4 nitrogen and oxygen atoms in total. The first-order valence-corrected chi connectivity index (χ1v) is 11.3. The van der Waals surface area contributed by atoms with Crippen LogP contribution in [0.15, 0.2) is 65.8 Å². The van der Waals surface area contributed by atoms with E-state index in [0.29, 0.717) is 17.2 Å². The van der Waals surface area contributed by atoms with Crippen molar-refractivity contribution < 1.29 is 4.79 Å². The molecule has 6 heteroatoms. The van der Waals surface area contributed by atoms with Gasteiger partial charge in [-0.15, -0.1) is 11.8 Å². The van der Waals surface area contributed by atoms with E-state index >= 15 is 0 Å². The summed E-state index contributed by atoms with van der Waals surface area (Å²) < 4.78 is 1.08. The van der Waals surface area contributed by atoms with Crippen molar-refractivity contribution in [2.24, 2.45) is 0 Å². The molecule has 0 aliphatic rings. The Morgan fingerprint density at radius 2 is 2.00 bits per heavy atom. The molecule has 2 heterocycles. The molecule has 2 aromatic carbocycles. The maximum absolute atomic E-state index is 13.6. The first-order chi connectivity index (χ1) is 14.1. The number of aryl methyl sites for hydroxylation is 2. The molecule has 0 bridgehead atoms. The van der Waals surface area contributed by atoms with Crippen LogP contribution in [-0.2, 0) is 6.54 Å². The molecule has 0 saturated heterocycles. The van der Waals surface area contributed by atoms with E-state index in [9.17, 15) is 4.79 Å². The number of carbonyl (C=O) groups is 1. The molecule has 0 aliphatic heterocycles. The summed E-state index contributed by atoms with van der Waals surface area (Å²) in [5, 5.41) is 0.704. The van der Waals surface area contributed by atoms with Crippen LogP contribution < -0.4 is 4.90 Å². The Bertz CT molecular complexity index is 1170. The number of carbonyl (C=O) groups excluding carboxylic acids is 1. The lowest BCUT2D eigenvalue weighted by molar-refractivity contribution is 0.0984. The number of hydrogen-bond donors (Lipinski definition) is 0. The molecular formula is C23H21N3OS2. The second-order valence-corrected chi connectivity index (χ2v) is 8.73. The largest absolute Gasteiger partial charge is 0.279 e. The van der Waals surface area contributed by atoms with E-state index in [1.54, 1.807) is 40.4 Å². The molecule has 146 valence electrons. The predicted octanol–water partition coefficient (Wildman–Crippen LogP) is 5.88. The number of fused-ring (bicyclic) bond motifs is 1. The van der Waals surface area contributed by atoms with Crippen molar-refractivity contribution in [1.29, 1.82) is 0 Å². The number of thiazole rings is 1. The number of thioether (sulfide) groups is 1. The van der Waals surface area contributed by atoms with Crippen molar-refractivity contribution in [3.8, 4) is 0 Å². The van der Waals surface area contributed by atoms with Gasteiger partial charge in [0.2, 0.25) is 0 Å². The molecule has 0 fully saturated rings. The van der Waals surface area contributed by atoms with E-state index in [1.807, 2.05) is 56.5 Å². The van der Waals surface area contributed by atoms with E-state index < -0.39 is 0 Å². The van der Waals surface area contributed by atoms with Crippen LogP contribution in [0.1, 0.15) is 27.0 Å². The Morgan fingerprint density at radius 3 is 2.72 bits per heavy atom. The highest BCUT2D eigenvalue weighted by Gasteiger charge is 2.23. The average Bonchev–Trinajstić information content (AvgIpc) is 3.16. The highest BCUT2D eigenvalue weighted by Crippen LogP contribution is 2.35. The maximum atomic E-state index is 13.6. The van der Waals surface area contributed by atoms with Crippen molar-refractivity contribution in [3.63, 3.8) is 0 Å². The summed E-state index contributed by atoms with van der Waals surface area (Å²) in [6.07, 6.45) is 5.58. The number of nitrogens with zero attached hydrogens (tertiary/aromatic N) is 3. The molecule has 0 spiro atoms. The van der Waals surface area contributed by atoms with Crippen molar-refractivity contribution in [1.82, 2.24) is 9.97 Å². The van der Waals surface area contributed by atoms with Crippen LogP contribution in [0.25, 0.3) is 10.2 Å². The number of anilines is 1. The van der Waals surface area contributed by atoms with Gasteiger partial charge in [0.25, 0.3) is 5.91 Å². The molecule has 0 atom stereocenters. The molecule has 4 aromatic rings. The van der Waals surface area contributed by atoms with Gasteiger partial charge in [0.1, 0.15) is 0 Å². The van der Waals surface area contributed by atoms with Crippen LogP contribution in [0.4, 0.5) is 5.13 Å². The lowest BCUT2D eigenvalue weighted by Crippen LogP contribution is -2.31. The molecular weight excluding hydrogens is 398 g/mol. The van der Waals surface area contributed by atoms with Gasteiger partial charge < -0.3 is 0 Å².